The van der Waals surface area contributed by atoms with Crippen LogP contribution in [0.25, 0.3) is 5.65 Å². The van der Waals surface area contributed by atoms with E-state index in [-0.39, 0.29) is 0 Å². The summed E-state index contributed by atoms with van der Waals surface area (Å²) < 4.78 is 2.21. The Morgan fingerprint density at radius 3 is 1.82 bits per heavy atom. The van der Waals surface area contributed by atoms with Gasteiger partial charge in [-0.05, 0) is 25.2 Å². The third kappa shape index (κ3) is 8.27. The SMILES string of the molecule is c1cn2cc(C3CCCCCCCCCCC3)nc(NCCC3CCCCCCCCC3)c2n1. The molecule has 0 spiro atoms. The van der Waals surface area contributed by atoms with Crippen molar-refractivity contribution in [1.82, 2.24) is 14.4 Å². The second-order valence-corrected chi connectivity index (χ2v) is 11.3. The standard InChI is InChI=1S/C30H50N4/c1-2-7-11-15-19-27(20-16-12-8-3-1)28-25-34-24-23-32-30(34)29(33-28)31-22-21-26-17-13-9-5-4-6-10-14-18-26/h23-27H,1-22H2,(H,31,33). The minimum Gasteiger partial charge on any atom is -0.367 e. The van der Waals surface area contributed by atoms with E-state index >= 15 is 0 Å². The average molecular weight is 467 g/mol. The molecule has 2 fully saturated rings. The van der Waals surface area contributed by atoms with Gasteiger partial charge in [0.2, 0.25) is 0 Å². The highest BCUT2D eigenvalue weighted by atomic mass is 15.1. The van der Waals surface area contributed by atoms with Crippen LogP contribution < -0.4 is 5.32 Å². The summed E-state index contributed by atoms with van der Waals surface area (Å²) in [4.78, 5) is 9.86. The lowest BCUT2D eigenvalue weighted by Gasteiger charge is -2.20. The molecule has 0 aliphatic heterocycles. The number of hydrogen-bond acceptors (Lipinski definition) is 3. The summed E-state index contributed by atoms with van der Waals surface area (Å²) in [6.45, 7) is 1.02. The number of imidazole rings is 1. The minimum atomic E-state index is 0.588. The van der Waals surface area contributed by atoms with Crippen LogP contribution >= 0.6 is 0 Å². The Balaban J connectivity index is 1.39. The Morgan fingerprint density at radius 1 is 0.706 bits per heavy atom. The molecule has 1 N–H and O–H groups in total. The maximum Gasteiger partial charge on any atom is 0.180 e. The fourth-order valence-corrected chi connectivity index (χ4v) is 6.30. The zero-order chi connectivity index (χ0) is 23.3. The Morgan fingerprint density at radius 2 is 1.24 bits per heavy atom. The van der Waals surface area contributed by atoms with Crippen LogP contribution in [0.3, 0.4) is 0 Å². The molecule has 4 rings (SSSR count). The molecule has 2 aromatic rings. The van der Waals surface area contributed by atoms with E-state index in [0.717, 1.165) is 23.9 Å². The van der Waals surface area contributed by atoms with Crippen molar-refractivity contribution in [1.29, 1.82) is 0 Å². The predicted octanol–water partition coefficient (Wildman–Crippen LogP) is 9.06. The van der Waals surface area contributed by atoms with Crippen molar-refractivity contribution in [3.8, 4) is 0 Å². The van der Waals surface area contributed by atoms with Gasteiger partial charge in [0.25, 0.3) is 0 Å². The maximum atomic E-state index is 5.21. The normalized spacial score (nSPS) is 21.5. The fourth-order valence-electron chi connectivity index (χ4n) is 6.30. The van der Waals surface area contributed by atoms with E-state index in [1.54, 1.807) is 0 Å². The van der Waals surface area contributed by atoms with Crippen molar-refractivity contribution in [3.05, 3.63) is 24.3 Å². The Labute approximate surface area is 208 Å². The summed E-state index contributed by atoms with van der Waals surface area (Å²) >= 11 is 0. The summed E-state index contributed by atoms with van der Waals surface area (Å²) in [6.07, 6.45) is 35.6. The van der Waals surface area contributed by atoms with Crippen molar-refractivity contribution in [2.75, 3.05) is 11.9 Å². The molecule has 190 valence electrons. The van der Waals surface area contributed by atoms with E-state index in [4.69, 9.17) is 4.98 Å². The summed E-state index contributed by atoms with van der Waals surface area (Å²) in [5.41, 5.74) is 2.27. The lowest BCUT2D eigenvalue weighted by molar-refractivity contribution is 0.375. The lowest BCUT2D eigenvalue weighted by atomic mass is 9.90. The van der Waals surface area contributed by atoms with Gasteiger partial charge >= 0.3 is 0 Å². The molecule has 2 aromatic heterocycles. The third-order valence-corrected chi connectivity index (χ3v) is 8.49. The monoisotopic (exact) mass is 466 g/mol. The number of rotatable bonds is 5. The second-order valence-electron chi connectivity index (χ2n) is 11.3. The molecule has 2 aliphatic carbocycles. The van der Waals surface area contributed by atoms with Crippen molar-refractivity contribution < 1.29 is 0 Å². The van der Waals surface area contributed by atoms with Crippen molar-refractivity contribution in [2.45, 2.75) is 141 Å². The molecule has 0 saturated heterocycles. The van der Waals surface area contributed by atoms with E-state index < -0.39 is 0 Å². The molecule has 4 heteroatoms. The number of nitrogens with one attached hydrogen (secondary N) is 1. The molecule has 2 heterocycles. The molecule has 0 radical (unpaired) electrons. The van der Waals surface area contributed by atoms with Gasteiger partial charge in [-0.1, -0.05) is 116 Å². The van der Waals surface area contributed by atoms with E-state index in [0.29, 0.717) is 5.92 Å². The molecular formula is C30H50N4. The van der Waals surface area contributed by atoms with Crippen molar-refractivity contribution >= 4 is 11.5 Å². The molecule has 2 aliphatic rings. The zero-order valence-electron chi connectivity index (χ0n) is 21.8. The lowest BCUT2D eigenvalue weighted by Crippen LogP contribution is -2.13. The van der Waals surface area contributed by atoms with Crippen LogP contribution in [-0.4, -0.2) is 20.9 Å². The summed E-state index contributed by atoms with van der Waals surface area (Å²) in [5.74, 6) is 2.47. The van der Waals surface area contributed by atoms with Crippen LogP contribution in [0.2, 0.25) is 0 Å². The van der Waals surface area contributed by atoms with E-state index in [9.17, 15) is 0 Å². The first-order valence-electron chi connectivity index (χ1n) is 15.0. The van der Waals surface area contributed by atoms with Gasteiger partial charge in [0.1, 0.15) is 0 Å². The molecular weight excluding hydrogens is 416 g/mol. The van der Waals surface area contributed by atoms with Gasteiger partial charge < -0.3 is 9.72 Å². The van der Waals surface area contributed by atoms with Gasteiger partial charge in [-0.3, -0.25) is 0 Å². The van der Waals surface area contributed by atoms with Gasteiger partial charge in [0.05, 0.1) is 5.69 Å². The van der Waals surface area contributed by atoms with Crippen LogP contribution in [0.1, 0.15) is 146 Å². The first kappa shape index (κ1) is 25.5. The van der Waals surface area contributed by atoms with Crippen LogP contribution in [0.15, 0.2) is 18.6 Å². The molecule has 0 unspecified atom stereocenters. The first-order valence-corrected chi connectivity index (χ1v) is 15.0. The fraction of sp³-hybridized carbons (Fsp3) is 0.800. The quantitative estimate of drug-likeness (QED) is 0.478. The Hall–Kier alpha value is -1.58. The first-order chi connectivity index (χ1) is 16.9. The minimum absolute atomic E-state index is 0.588. The highest BCUT2D eigenvalue weighted by Crippen LogP contribution is 2.30. The van der Waals surface area contributed by atoms with Crippen LogP contribution in [0.5, 0.6) is 0 Å². The molecule has 0 atom stereocenters. The Bertz CT molecular complexity index is 791. The molecule has 34 heavy (non-hydrogen) atoms. The number of fused-ring (bicyclic) bond motifs is 1. The largest absolute Gasteiger partial charge is 0.367 e. The van der Waals surface area contributed by atoms with Crippen LogP contribution in [0, 0.1) is 5.92 Å². The second kappa shape index (κ2) is 14.7. The number of hydrogen-bond donors (Lipinski definition) is 1. The smallest absolute Gasteiger partial charge is 0.180 e. The van der Waals surface area contributed by atoms with Gasteiger partial charge in [-0.15, -0.1) is 0 Å². The number of nitrogens with zero attached hydrogens (tertiary/aromatic N) is 3. The Kier molecular flexibility index (Phi) is 11.1. The van der Waals surface area contributed by atoms with E-state index in [1.165, 1.54) is 141 Å². The molecule has 2 saturated carbocycles. The van der Waals surface area contributed by atoms with E-state index in [2.05, 4.69) is 27.1 Å². The van der Waals surface area contributed by atoms with Crippen molar-refractivity contribution in [3.63, 3.8) is 0 Å². The highest BCUT2D eigenvalue weighted by Gasteiger charge is 2.17. The number of anilines is 1. The molecule has 0 bridgehead atoms. The molecule has 4 nitrogen and oxygen atoms in total. The highest BCUT2D eigenvalue weighted by molar-refractivity contribution is 5.62. The zero-order valence-corrected chi connectivity index (χ0v) is 21.8. The van der Waals surface area contributed by atoms with Gasteiger partial charge in [0, 0.05) is 31.1 Å². The predicted molar refractivity (Wildman–Crippen MR) is 145 cm³/mol. The van der Waals surface area contributed by atoms with Crippen LogP contribution in [-0.2, 0) is 0 Å². The third-order valence-electron chi connectivity index (χ3n) is 8.49. The van der Waals surface area contributed by atoms with Crippen LogP contribution in [0.4, 0.5) is 5.82 Å². The van der Waals surface area contributed by atoms with Gasteiger partial charge in [-0.25, -0.2) is 9.97 Å². The van der Waals surface area contributed by atoms with Crippen molar-refractivity contribution in [2.24, 2.45) is 5.92 Å². The topological polar surface area (TPSA) is 42.2 Å². The summed E-state index contributed by atoms with van der Waals surface area (Å²) in [7, 11) is 0. The number of aromatic nitrogens is 3. The summed E-state index contributed by atoms with van der Waals surface area (Å²) in [6, 6.07) is 0. The van der Waals surface area contributed by atoms with Gasteiger partial charge in [0.15, 0.2) is 11.5 Å². The van der Waals surface area contributed by atoms with Gasteiger partial charge in [-0.2, -0.15) is 0 Å². The molecule has 0 aromatic carbocycles. The maximum absolute atomic E-state index is 5.21. The average Bonchev–Trinajstić information content (AvgIpc) is 3.32. The molecule has 0 amide bonds. The van der Waals surface area contributed by atoms with E-state index in [1.807, 2.05) is 6.20 Å². The summed E-state index contributed by atoms with van der Waals surface area (Å²) in [5, 5.41) is 3.74.